The largest absolute Gasteiger partial charge is 0.469 e. The summed E-state index contributed by atoms with van der Waals surface area (Å²) in [6, 6.07) is 6.01. The van der Waals surface area contributed by atoms with Gasteiger partial charge >= 0.3 is 5.97 Å². The van der Waals surface area contributed by atoms with Crippen LogP contribution in [0.15, 0.2) is 24.3 Å². The van der Waals surface area contributed by atoms with Crippen LogP contribution >= 0.6 is 0 Å². The number of methoxy groups -OCH3 is 2. The fourth-order valence-corrected chi connectivity index (χ4v) is 2.25. The third-order valence-electron chi connectivity index (χ3n) is 3.43. The lowest BCUT2D eigenvalue weighted by atomic mass is 9.92. The third kappa shape index (κ3) is 5.63. The average molecular weight is 296 g/mol. The summed E-state index contributed by atoms with van der Waals surface area (Å²) >= 11 is 0. The van der Waals surface area contributed by atoms with Gasteiger partial charge in [-0.05, 0) is 37.0 Å². The molecule has 0 heterocycles. The number of esters is 1. The van der Waals surface area contributed by atoms with Crippen LogP contribution < -0.4 is 0 Å². The number of benzene rings is 1. The Bertz CT molecular complexity index is 444. The van der Waals surface area contributed by atoms with Crippen molar-refractivity contribution < 1.29 is 23.5 Å². The summed E-state index contributed by atoms with van der Waals surface area (Å²) in [5, 5.41) is 0. The average Bonchev–Trinajstić information content (AvgIpc) is 2.51. The predicted octanol–water partition coefficient (Wildman–Crippen LogP) is 3.06. The van der Waals surface area contributed by atoms with Crippen LogP contribution in [0.4, 0.5) is 4.39 Å². The lowest BCUT2D eigenvalue weighted by Crippen LogP contribution is -2.20. The quantitative estimate of drug-likeness (QED) is 0.399. The van der Waals surface area contributed by atoms with Gasteiger partial charge in [0.05, 0.1) is 19.1 Å². The Balaban J connectivity index is 2.75. The van der Waals surface area contributed by atoms with Crippen molar-refractivity contribution in [2.24, 2.45) is 5.92 Å². The van der Waals surface area contributed by atoms with Crippen LogP contribution in [0, 0.1) is 11.7 Å². The van der Waals surface area contributed by atoms with Crippen LogP contribution in [0.5, 0.6) is 0 Å². The highest BCUT2D eigenvalue weighted by atomic mass is 19.1. The Morgan fingerprint density at radius 2 is 1.95 bits per heavy atom. The molecule has 0 aliphatic heterocycles. The van der Waals surface area contributed by atoms with Crippen molar-refractivity contribution in [2.75, 3.05) is 14.2 Å². The topological polar surface area (TPSA) is 52.6 Å². The van der Waals surface area contributed by atoms with Gasteiger partial charge in [0.2, 0.25) is 0 Å². The summed E-state index contributed by atoms with van der Waals surface area (Å²) in [5.74, 6) is -0.973. The number of ether oxygens (including phenoxy) is 2. The van der Waals surface area contributed by atoms with Crippen molar-refractivity contribution in [3.05, 3.63) is 35.6 Å². The number of aldehydes is 1. The third-order valence-corrected chi connectivity index (χ3v) is 3.43. The number of carbonyl (C=O) groups excluding carboxylic acids is 2. The zero-order valence-corrected chi connectivity index (χ0v) is 12.4. The van der Waals surface area contributed by atoms with Crippen LogP contribution in [0.1, 0.15) is 37.4 Å². The van der Waals surface area contributed by atoms with E-state index < -0.39 is 0 Å². The van der Waals surface area contributed by atoms with Gasteiger partial charge in [0, 0.05) is 13.5 Å². The van der Waals surface area contributed by atoms with E-state index in [0.717, 1.165) is 11.8 Å². The molecule has 0 N–H and O–H groups in total. The summed E-state index contributed by atoms with van der Waals surface area (Å²) in [5.41, 5.74) is 0.809. The van der Waals surface area contributed by atoms with E-state index in [1.807, 2.05) is 0 Å². The fraction of sp³-hybridized carbons (Fsp3) is 0.500. The van der Waals surface area contributed by atoms with Gasteiger partial charge in [-0.25, -0.2) is 4.39 Å². The Labute approximate surface area is 124 Å². The second-order valence-corrected chi connectivity index (χ2v) is 4.83. The van der Waals surface area contributed by atoms with E-state index in [1.54, 1.807) is 19.2 Å². The van der Waals surface area contributed by atoms with Crippen LogP contribution in [0.25, 0.3) is 0 Å². The molecule has 2 unspecified atom stereocenters. The van der Waals surface area contributed by atoms with Crippen LogP contribution in [0.3, 0.4) is 0 Å². The maximum Gasteiger partial charge on any atom is 0.308 e. The van der Waals surface area contributed by atoms with Crippen LogP contribution in [-0.4, -0.2) is 26.5 Å². The Kier molecular flexibility index (Phi) is 7.61. The minimum atomic E-state index is -0.343. The maximum absolute atomic E-state index is 13.0. The standard InChI is InChI=1S/C16H21FO4/c1-20-15(12-6-8-14(17)9-7-12)11-13(16(19)21-2)5-3-4-10-18/h6-10,13,15H,3-5,11H2,1-2H3. The summed E-state index contributed by atoms with van der Waals surface area (Å²) < 4.78 is 23.2. The second kappa shape index (κ2) is 9.23. The molecule has 0 amide bonds. The van der Waals surface area contributed by atoms with E-state index in [1.165, 1.54) is 19.2 Å². The monoisotopic (exact) mass is 296 g/mol. The lowest BCUT2D eigenvalue weighted by Gasteiger charge is -2.21. The van der Waals surface area contributed by atoms with E-state index in [0.29, 0.717) is 25.7 Å². The highest BCUT2D eigenvalue weighted by Gasteiger charge is 2.24. The van der Waals surface area contributed by atoms with Gasteiger partial charge in [-0.2, -0.15) is 0 Å². The summed E-state index contributed by atoms with van der Waals surface area (Å²) in [6.45, 7) is 0. The molecule has 0 bridgehead atoms. The van der Waals surface area contributed by atoms with Crippen molar-refractivity contribution in [2.45, 2.75) is 31.8 Å². The molecule has 1 rings (SSSR count). The molecule has 1 aromatic carbocycles. The number of carbonyl (C=O) groups is 2. The summed E-state index contributed by atoms with van der Waals surface area (Å²) in [4.78, 5) is 22.2. The van der Waals surface area contributed by atoms with E-state index in [9.17, 15) is 14.0 Å². The molecule has 0 saturated heterocycles. The predicted molar refractivity (Wildman–Crippen MR) is 76.2 cm³/mol. The van der Waals surface area contributed by atoms with Gasteiger partial charge < -0.3 is 14.3 Å². The molecule has 0 spiro atoms. The molecule has 0 saturated carbocycles. The molecule has 0 aliphatic rings. The van der Waals surface area contributed by atoms with Crippen molar-refractivity contribution in [3.8, 4) is 0 Å². The number of rotatable bonds is 9. The Hall–Kier alpha value is -1.75. The molecule has 5 heteroatoms. The van der Waals surface area contributed by atoms with Crippen LogP contribution in [0.2, 0.25) is 0 Å². The lowest BCUT2D eigenvalue weighted by molar-refractivity contribution is -0.147. The molecule has 0 aliphatic carbocycles. The number of hydrogen-bond donors (Lipinski definition) is 0. The molecule has 116 valence electrons. The van der Waals surface area contributed by atoms with Gasteiger partial charge in [-0.15, -0.1) is 0 Å². The highest BCUT2D eigenvalue weighted by molar-refractivity contribution is 5.72. The van der Waals surface area contributed by atoms with Crippen LogP contribution in [-0.2, 0) is 19.1 Å². The zero-order chi connectivity index (χ0) is 15.7. The van der Waals surface area contributed by atoms with E-state index in [4.69, 9.17) is 9.47 Å². The van der Waals surface area contributed by atoms with E-state index in [-0.39, 0.29) is 23.8 Å². The summed E-state index contributed by atoms with van der Waals surface area (Å²) in [7, 11) is 2.89. The first-order valence-corrected chi connectivity index (χ1v) is 6.92. The molecular weight excluding hydrogens is 275 g/mol. The first kappa shape index (κ1) is 17.3. The maximum atomic E-state index is 13.0. The SMILES string of the molecule is COC(=O)C(CCCC=O)CC(OC)c1ccc(F)cc1. The van der Waals surface area contributed by atoms with Crippen molar-refractivity contribution in [3.63, 3.8) is 0 Å². The van der Waals surface area contributed by atoms with Gasteiger partial charge in [0.1, 0.15) is 12.1 Å². The molecule has 0 radical (unpaired) electrons. The molecular formula is C16H21FO4. The van der Waals surface area contributed by atoms with Crippen molar-refractivity contribution >= 4 is 12.3 Å². The highest BCUT2D eigenvalue weighted by Crippen LogP contribution is 2.28. The van der Waals surface area contributed by atoms with Gasteiger partial charge in [-0.1, -0.05) is 12.1 Å². The van der Waals surface area contributed by atoms with Crippen molar-refractivity contribution in [1.82, 2.24) is 0 Å². The molecule has 0 aromatic heterocycles. The molecule has 21 heavy (non-hydrogen) atoms. The fourth-order valence-electron chi connectivity index (χ4n) is 2.25. The van der Waals surface area contributed by atoms with Gasteiger partial charge in [0.15, 0.2) is 0 Å². The molecule has 1 aromatic rings. The second-order valence-electron chi connectivity index (χ2n) is 4.83. The number of halogens is 1. The van der Waals surface area contributed by atoms with E-state index in [2.05, 4.69) is 0 Å². The molecule has 4 nitrogen and oxygen atoms in total. The molecule has 2 atom stereocenters. The molecule has 0 fully saturated rings. The van der Waals surface area contributed by atoms with Crippen molar-refractivity contribution in [1.29, 1.82) is 0 Å². The normalized spacial score (nSPS) is 13.5. The first-order valence-electron chi connectivity index (χ1n) is 6.92. The zero-order valence-electron chi connectivity index (χ0n) is 12.4. The van der Waals surface area contributed by atoms with Gasteiger partial charge in [-0.3, -0.25) is 4.79 Å². The number of unbranched alkanes of at least 4 members (excludes halogenated alkanes) is 1. The van der Waals surface area contributed by atoms with Gasteiger partial charge in [0.25, 0.3) is 0 Å². The Morgan fingerprint density at radius 3 is 2.48 bits per heavy atom. The smallest absolute Gasteiger partial charge is 0.308 e. The minimum Gasteiger partial charge on any atom is -0.469 e. The Morgan fingerprint density at radius 1 is 1.29 bits per heavy atom. The minimum absolute atomic E-state index is 0.314. The first-order chi connectivity index (χ1) is 10.1. The number of hydrogen-bond acceptors (Lipinski definition) is 4. The summed E-state index contributed by atoms with van der Waals surface area (Å²) in [6.07, 6.45) is 2.57. The van der Waals surface area contributed by atoms with E-state index >= 15 is 0 Å².